The Morgan fingerprint density at radius 1 is 1.04 bits per heavy atom. The van der Waals surface area contributed by atoms with Crippen molar-refractivity contribution < 1.29 is 4.79 Å². The van der Waals surface area contributed by atoms with Gasteiger partial charge in [0.2, 0.25) is 5.91 Å². The van der Waals surface area contributed by atoms with E-state index in [1.165, 1.54) is 32.1 Å². The van der Waals surface area contributed by atoms with Crippen molar-refractivity contribution in [1.29, 1.82) is 0 Å². The Morgan fingerprint density at radius 2 is 1.84 bits per heavy atom. The van der Waals surface area contributed by atoms with Gasteiger partial charge in [-0.15, -0.1) is 0 Å². The van der Waals surface area contributed by atoms with Crippen LogP contribution in [-0.4, -0.2) is 70.5 Å². The average molecular weight is 343 g/mol. The number of rotatable bonds is 6. The first-order valence-corrected chi connectivity index (χ1v) is 9.86. The molecule has 1 saturated carbocycles. The van der Waals surface area contributed by atoms with Gasteiger partial charge in [0.05, 0.1) is 0 Å². The van der Waals surface area contributed by atoms with Gasteiger partial charge in [-0.3, -0.25) is 4.79 Å². The van der Waals surface area contributed by atoms with Crippen LogP contribution in [0, 0.1) is 0 Å². The van der Waals surface area contributed by atoms with E-state index in [4.69, 9.17) is 0 Å². The number of carbonyl (C=O) groups excluding carboxylic acids is 1. The molecule has 6 heteroatoms. The van der Waals surface area contributed by atoms with Crippen LogP contribution in [0.4, 0.5) is 5.82 Å². The summed E-state index contributed by atoms with van der Waals surface area (Å²) in [6.07, 6.45) is 11.5. The van der Waals surface area contributed by atoms with Gasteiger partial charge in [0, 0.05) is 57.4 Å². The summed E-state index contributed by atoms with van der Waals surface area (Å²) in [5, 5.41) is 0. The quantitative estimate of drug-likeness (QED) is 0.790. The van der Waals surface area contributed by atoms with Gasteiger partial charge in [-0.2, -0.15) is 0 Å². The molecule has 3 heterocycles. The molecule has 2 aliphatic heterocycles. The molecule has 0 spiro atoms. The fourth-order valence-electron chi connectivity index (χ4n) is 4.24. The maximum atomic E-state index is 11.9. The molecule has 136 valence electrons. The minimum absolute atomic E-state index is 0.352. The van der Waals surface area contributed by atoms with Crippen molar-refractivity contribution in [3.63, 3.8) is 0 Å². The molecular weight excluding hydrogens is 314 g/mol. The molecule has 0 aromatic carbocycles. The Balaban J connectivity index is 1.28. The number of nitrogens with zero attached hydrogens (tertiary/aromatic N) is 5. The Morgan fingerprint density at radius 3 is 2.52 bits per heavy atom. The van der Waals surface area contributed by atoms with Gasteiger partial charge in [-0.25, -0.2) is 9.97 Å². The van der Waals surface area contributed by atoms with Crippen molar-refractivity contribution in [2.45, 2.75) is 57.0 Å². The predicted molar refractivity (Wildman–Crippen MR) is 97.4 cm³/mol. The van der Waals surface area contributed by atoms with E-state index >= 15 is 0 Å². The van der Waals surface area contributed by atoms with E-state index in [-0.39, 0.29) is 0 Å². The summed E-state index contributed by atoms with van der Waals surface area (Å²) < 4.78 is 0. The second-order valence-corrected chi connectivity index (χ2v) is 7.62. The topological polar surface area (TPSA) is 52.6 Å². The molecule has 2 saturated heterocycles. The summed E-state index contributed by atoms with van der Waals surface area (Å²) >= 11 is 0. The van der Waals surface area contributed by atoms with Crippen molar-refractivity contribution in [3.8, 4) is 0 Å². The number of hydrogen-bond donors (Lipinski definition) is 0. The molecule has 0 radical (unpaired) electrons. The summed E-state index contributed by atoms with van der Waals surface area (Å²) in [5.41, 5.74) is 0. The highest BCUT2D eigenvalue weighted by molar-refractivity contribution is 5.76. The zero-order valence-corrected chi connectivity index (χ0v) is 15.0. The maximum Gasteiger partial charge on any atom is 0.222 e. The molecule has 3 aliphatic rings. The van der Waals surface area contributed by atoms with Gasteiger partial charge in [-0.1, -0.05) is 0 Å². The van der Waals surface area contributed by atoms with E-state index in [1.54, 1.807) is 6.33 Å². The van der Waals surface area contributed by atoms with E-state index in [0.29, 0.717) is 18.0 Å². The minimum atomic E-state index is 0.352. The number of anilines is 1. The van der Waals surface area contributed by atoms with E-state index < -0.39 is 0 Å². The van der Waals surface area contributed by atoms with Crippen LogP contribution in [0.2, 0.25) is 0 Å². The fraction of sp³-hybridized carbons (Fsp3) is 0.737. The molecule has 0 bridgehead atoms. The van der Waals surface area contributed by atoms with Crippen molar-refractivity contribution in [3.05, 3.63) is 18.6 Å². The molecule has 0 unspecified atom stereocenters. The number of aromatic nitrogens is 2. The van der Waals surface area contributed by atoms with Gasteiger partial charge in [0.25, 0.3) is 0 Å². The summed E-state index contributed by atoms with van der Waals surface area (Å²) in [5.74, 6) is 1.44. The SMILES string of the molecule is O=C1CCCCN1CCN1CCC(N(c2ccncn2)C2CC2)CC1. The molecular formula is C19H29N5O. The second kappa shape index (κ2) is 7.68. The van der Waals surface area contributed by atoms with Crippen LogP contribution in [0.25, 0.3) is 0 Å². The fourth-order valence-corrected chi connectivity index (χ4v) is 4.24. The number of piperidine rings is 2. The second-order valence-electron chi connectivity index (χ2n) is 7.62. The lowest BCUT2D eigenvalue weighted by molar-refractivity contribution is -0.133. The molecule has 1 aromatic heterocycles. The lowest BCUT2D eigenvalue weighted by atomic mass is 10.0. The summed E-state index contributed by atoms with van der Waals surface area (Å²) in [6, 6.07) is 3.32. The molecule has 0 atom stereocenters. The van der Waals surface area contributed by atoms with Gasteiger partial charge in [0.15, 0.2) is 0 Å². The van der Waals surface area contributed by atoms with Gasteiger partial charge < -0.3 is 14.7 Å². The first-order chi connectivity index (χ1) is 12.3. The standard InChI is InChI=1S/C19H29N5O/c25-19-3-1-2-10-23(19)14-13-22-11-7-17(8-12-22)24(16-4-5-16)18-6-9-20-15-21-18/h6,9,15-17H,1-5,7-8,10-14H2. The van der Waals surface area contributed by atoms with Crippen LogP contribution in [-0.2, 0) is 4.79 Å². The molecule has 0 N–H and O–H groups in total. The predicted octanol–water partition coefficient (Wildman–Crippen LogP) is 1.92. The Bertz CT molecular complexity index is 568. The van der Waals surface area contributed by atoms with Crippen molar-refractivity contribution in [1.82, 2.24) is 19.8 Å². The smallest absolute Gasteiger partial charge is 0.222 e. The van der Waals surface area contributed by atoms with Crippen LogP contribution >= 0.6 is 0 Å². The highest BCUT2D eigenvalue weighted by Crippen LogP contribution is 2.34. The lowest BCUT2D eigenvalue weighted by Gasteiger charge is -2.40. The van der Waals surface area contributed by atoms with Gasteiger partial charge in [-0.05, 0) is 44.6 Å². The molecule has 1 amide bonds. The van der Waals surface area contributed by atoms with Gasteiger partial charge >= 0.3 is 0 Å². The van der Waals surface area contributed by atoms with Crippen LogP contribution < -0.4 is 4.90 Å². The van der Waals surface area contributed by atoms with Crippen molar-refractivity contribution in [2.24, 2.45) is 0 Å². The zero-order chi connectivity index (χ0) is 17.1. The molecule has 6 nitrogen and oxygen atoms in total. The Hall–Kier alpha value is -1.69. The maximum absolute atomic E-state index is 11.9. The van der Waals surface area contributed by atoms with Crippen LogP contribution in [0.5, 0.6) is 0 Å². The third kappa shape index (κ3) is 4.11. The minimum Gasteiger partial charge on any atom is -0.350 e. The van der Waals surface area contributed by atoms with Crippen molar-refractivity contribution >= 4 is 11.7 Å². The summed E-state index contributed by atoms with van der Waals surface area (Å²) in [4.78, 5) is 27.6. The highest BCUT2D eigenvalue weighted by atomic mass is 16.2. The molecule has 1 aliphatic carbocycles. The lowest BCUT2D eigenvalue weighted by Crippen LogP contribution is -2.48. The van der Waals surface area contributed by atoms with E-state index in [2.05, 4.69) is 24.7 Å². The third-order valence-electron chi connectivity index (χ3n) is 5.83. The summed E-state index contributed by atoms with van der Waals surface area (Å²) in [7, 11) is 0. The molecule has 3 fully saturated rings. The average Bonchev–Trinajstić information content (AvgIpc) is 3.48. The number of hydrogen-bond acceptors (Lipinski definition) is 5. The highest BCUT2D eigenvalue weighted by Gasteiger charge is 2.36. The van der Waals surface area contributed by atoms with Crippen molar-refractivity contribution in [2.75, 3.05) is 37.6 Å². The van der Waals surface area contributed by atoms with Crippen LogP contribution in [0.3, 0.4) is 0 Å². The Kier molecular flexibility index (Phi) is 5.15. The normalized spacial score (nSPS) is 23.0. The number of likely N-dealkylation sites (tertiary alicyclic amines) is 2. The van der Waals surface area contributed by atoms with E-state index in [1.807, 2.05) is 12.3 Å². The van der Waals surface area contributed by atoms with E-state index in [0.717, 1.165) is 51.4 Å². The largest absolute Gasteiger partial charge is 0.350 e. The first kappa shape index (κ1) is 16.8. The van der Waals surface area contributed by atoms with Gasteiger partial charge in [0.1, 0.15) is 12.1 Å². The van der Waals surface area contributed by atoms with Crippen LogP contribution in [0.15, 0.2) is 18.6 Å². The first-order valence-electron chi connectivity index (χ1n) is 9.86. The molecule has 25 heavy (non-hydrogen) atoms. The zero-order valence-electron chi connectivity index (χ0n) is 15.0. The monoisotopic (exact) mass is 343 g/mol. The summed E-state index contributed by atoms with van der Waals surface area (Å²) in [6.45, 7) is 5.14. The van der Waals surface area contributed by atoms with E-state index in [9.17, 15) is 4.79 Å². The Labute approximate surface area is 150 Å². The van der Waals surface area contributed by atoms with Crippen LogP contribution in [0.1, 0.15) is 44.9 Å². The number of amides is 1. The third-order valence-corrected chi connectivity index (χ3v) is 5.83. The molecule has 4 rings (SSSR count). The molecule has 1 aromatic rings. The number of carbonyl (C=O) groups is 1.